The van der Waals surface area contributed by atoms with Gasteiger partial charge in [-0.05, 0) is 55.0 Å². The van der Waals surface area contributed by atoms with Gasteiger partial charge < -0.3 is 4.74 Å². The average Bonchev–Trinajstić information content (AvgIpc) is 2.51. The molecular weight excluding hydrogens is 324 g/mol. The summed E-state index contributed by atoms with van der Waals surface area (Å²) in [6.45, 7) is 0. The van der Waals surface area contributed by atoms with E-state index in [-0.39, 0.29) is 0 Å². The third kappa shape index (κ3) is 5.92. The van der Waals surface area contributed by atoms with Crippen molar-refractivity contribution in [3.05, 3.63) is 64.1 Å². The quantitative estimate of drug-likeness (QED) is 0.548. The summed E-state index contributed by atoms with van der Waals surface area (Å²) in [5.74, 6) is 0.934. The van der Waals surface area contributed by atoms with E-state index in [2.05, 4.69) is 58.4 Å². The number of benzene rings is 2. The summed E-state index contributed by atoms with van der Waals surface area (Å²) in [5, 5.41) is 0. The van der Waals surface area contributed by atoms with Crippen LogP contribution in [-0.4, -0.2) is 7.11 Å². The molecule has 0 aliphatic carbocycles. The first-order valence-electron chi connectivity index (χ1n) is 7.65. The van der Waals surface area contributed by atoms with E-state index in [1.165, 1.54) is 43.2 Å². The largest absolute Gasteiger partial charge is 0.497 e. The predicted molar refractivity (Wildman–Crippen MR) is 93.0 cm³/mol. The molecule has 2 aromatic rings. The van der Waals surface area contributed by atoms with Crippen LogP contribution in [0.5, 0.6) is 5.75 Å². The number of hydrogen-bond acceptors (Lipinski definition) is 1. The highest BCUT2D eigenvalue weighted by Crippen LogP contribution is 2.22. The molecule has 0 unspecified atom stereocenters. The Morgan fingerprint density at radius 2 is 1.48 bits per heavy atom. The van der Waals surface area contributed by atoms with Crippen LogP contribution in [0.25, 0.3) is 0 Å². The Morgan fingerprint density at radius 3 is 2.14 bits per heavy atom. The molecule has 2 rings (SSSR count). The Morgan fingerprint density at radius 1 is 0.810 bits per heavy atom. The second kappa shape index (κ2) is 8.89. The van der Waals surface area contributed by atoms with E-state index in [4.69, 9.17) is 4.74 Å². The molecule has 0 amide bonds. The van der Waals surface area contributed by atoms with Crippen LogP contribution in [-0.2, 0) is 12.8 Å². The molecule has 0 N–H and O–H groups in total. The minimum absolute atomic E-state index is 0.934. The first-order chi connectivity index (χ1) is 10.3. The minimum atomic E-state index is 0.934. The van der Waals surface area contributed by atoms with E-state index in [0.29, 0.717) is 0 Å². The third-order valence-electron chi connectivity index (χ3n) is 3.69. The maximum atomic E-state index is 5.30. The lowest BCUT2D eigenvalue weighted by Crippen LogP contribution is -1.90. The molecule has 0 saturated heterocycles. The van der Waals surface area contributed by atoms with Crippen LogP contribution in [0.4, 0.5) is 0 Å². The van der Waals surface area contributed by atoms with Gasteiger partial charge in [-0.1, -0.05) is 59.1 Å². The van der Waals surface area contributed by atoms with Crippen LogP contribution < -0.4 is 4.74 Å². The summed E-state index contributed by atoms with van der Waals surface area (Å²) in [7, 11) is 1.72. The molecule has 0 aliphatic heterocycles. The SMILES string of the molecule is COc1cc(Br)cc(CCCCCCc2ccccc2)c1. The summed E-state index contributed by atoms with van der Waals surface area (Å²) < 4.78 is 6.40. The maximum absolute atomic E-state index is 5.30. The zero-order valence-corrected chi connectivity index (χ0v) is 14.2. The normalized spacial score (nSPS) is 10.6. The molecule has 1 nitrogen and oxygen atoms in total. The third-order valence-corrected chi connectivity index (χ3v) is 4.15. The number of unbranched alkanes of at least 4 members (excludes halogenated alkanes) is 3. The smallest absolute Gasteiger partial charge is 0.120 e. The number of halogens is 1. The van der Waals surface area contributed by atoms with E-state index in [9.17, 15) is 0 Å². The van der Waals surface area contributed by atoms with E-state index < -0.39 is 0 Å². The van der Waals surface area contributed by atoms with E-state index >= 15 is 0 Å². The zero-order chi connectivity index (χ0) is 14.9. The van der Waals surface area contributed by atoms with E-state index in [1.807, 2.05) is 6.07 Å². The Bertz CT molecular complexity index is 537. The maximum Gasteiger partial charge on any atom is 0.120 e. The van der Waals surface area contributed by atoms with Crippen molar-refractivity contribution < 1.29 is 4.74 Å². The van der Waals surface area contributed by atoms with Gasteiger partial charge >= 0.3 is 0 Å². The van der Waals surface area contributed by atoms with E-state index in [0.717, 1.165) is 16.6 Å². The summed E-state index contributed by atoms with van der Waals surface area (Å²) >= 11 is 3.53. The van der Waals surface area contributed by atoms with Crippen LogP contribution in [0.2, 0.25) is 0 Å². The number of aryl methyl sites for hydroxylation is 2. The van der Waals surface area contributed by atoms with Crippen molar-refractivity contribution in [2.45, 2.75) is 38.5 Å². The van der Waals surface area contributed by atoms with Gasteiger partial charge in [0.25, 0.3) is 0 Å². The Hall–Kier alpha value is -1.28. The number of ether oxygens (including phenoxy) is 1. The first-order valence-corrected chi connectivity index (χ1v) is 8.44. The molecule has 0 fully saturated rings. The van der Waals surface area contributed by atoms with Crippen molar-refractivity contribution in [1.29, 1.82) is 0 Å². The highest BCUT2D eigenvalue weighted by atomic mass is 79.9. The van der Waals surface area contributed by atoms with Gasteiger partial charge in [0, 0.05) is 4.47 Å². The molecule has 2 heteroatoms. The summed E-state index contributed by atoms with van der Waals surface area (Å²) in [5.41, 5.74) is 2.80. The predicted octanol–water partition coefficient (Wildman–Crippen LogP) is 5.80. The monoisotopic (exact) mass is 346 g/mol. The average molecular weight is 347 g/mol. The van der Waals surface area contributed by atoms with Gasteiger partial charge in [0.2, 0.25) is 0 Å². The van der Waals surface area contributed by atoms with Crippen LogP contribution in [0.1, 0.15) is 36.8 Å². The first kappa shape index (κ1) is 16.1. The highest BCUT2D eigenvalue weighted by Gasteiger charge is 2.00. The summed E-state index contributed by atoms with van der Waals surface area (Å²) in [4.78, 5) is 0. The number of rotatable bonds is 8. The molecule has 21 heavy (non-hydrogen) atoms. The molecule has 0 atom stereocenters. The fraction of sp³-hybridized carbons (Fsp3) is 0.368. The molecule has 0 aliphatic rings. The number of methoxy groups -OCH3 is 1. The van der Waals surface area contributed by atoms with Gasteiger partial charge in [0.05, 0.1) is 7.11 Å². The lowest BCUT2D eigenvalue weighted by atomic mass is 10.0. The van der Waals surface area contributed by atoms with Crippen molar-refractivity contribution in [1.82, 2.24) is 0 Å². The fourth-order valence-electron chi connectivity index (χ4n) is 2.54. The zero-order valence-electron chi connectivity index (χ0n) is 12.6. The Labute approximate surface area is 136 Å². The van der Waals surface area contributed by atoms with Crippen molar-refractivity contribution in [3.63, 3.8) is 0 Å². The highest BCUT2D eigenvalue weighted by molar-refractivity contribution is 9.10. The van der Waals surface area contributed by atoms with Crippen molar-refractivity contribution in [2.75, 3.05) is 7.11 Å². The van der Waals surface area contributed by atoms with E-state index in [1.54, 1.807) is 7.11 Å². The summed E-state index contributed by atoms with van der Waals surface area (Å²) in [6.07, 6.45) is 7.45. The second-order valence-electron chi connectivity index (χ2n) is 5.40. The molecule has 0 radical (unpaired) electrons. The van der Waals surface area contributed by atoms with Gasteiger partial charge in [-0.3, -0.25) is 0 Å². The van der Waals surface area contributed by atoms with Crippen molar-refractivity contribution in [2.24, 2.45) is 0 Å². The lowest BCUT2D eigenvalue weighted by molar-refractivity contribution is 0.414. The topological polar surface area (TPSA) is 9.23 Å². The fourth-order valence-corrected chi connectivity index (χ4v) is 3.06. The Kier molecular flexibility index (Phi) is 6.81. The van der Waals surface area contributed by atoms with Gasteiger partial charge in [0.1, 0.15) is 5.75 Å². The molecular formula is C19H23BrO. The van der Waals surface area contributed by atoms with Crippen molar-refractivity contribution in [3.8, 4) is 5.75 Å². The van der Waals surface area contributed by atoms with Crippen LogP contribution in [0.3, 0.4) is 0 Å². The molecule has 0 saturated carbocycles. The van der Waals surface area contributed by atoms with Crippen LogP contribution >= 0.6 is 15.9 Å². The molecule has 112 valence electrons. The molecule has 2 aromatic carbocycles. The molecule has 0 heterocycles. The van der Waals surface area contributed by atoms with Crippen LogP contribution in [0, 0.1) is 0 Å². The van der Waals surface area contributed by atoms with Gasteiger partial charge in [-0.15, -0.1) is 0 Å². The molecule has 0 aromatic heterocycles. The van der Waals surface area contributed by atoms with Crippen molar-refractivity contribution >= 4 is 15.9 Å². The minimum Gasteiger partial charge on any atom is -0.497 e. The van der Waals surface area contributed by atoms with Crippen LogP contribution in [0.15, 0.2) is 53.0 Å². The standard InChI is InChI=1S/C19H23BrO/c1-21-19-14-17(13-18(20)15-19)12-6-3-2-5-9-16-10-7-4-8-11-16/h4,7-8,10-11,13-15H,2-3,5-6,9,12H2,1H3. The Balaban J connectivity index is 1.65. The number of hydrogen-bond donors (Lipinski definition) is 0. The summed E-state index contributed by atoms with van der Waals surface area (Å²) in [6, 6.07) is 17.1. The molecule has 0 spiro atoms. The molecule has 0 bridgehead atoms. The second-order valence-corrected chi connectivity index (χ2v) is 6.31. The van der Waals surface area contributed by atoms with Gasteiger partial charge in [-0.25, -0.2) is 0 Å². The van der Waals surface area contributed by atoms with Gasteiger partial charge in [0.15, 0.2) is 0 Å². The lowest BCUT2D eigenvalue weighted by Gasteiger charge is -2.06. The van der Waals surface area contributed by atoms with Gasteiger partial charge in [-0.2, -0.15) is 0 Å².